The Kier molecular flexibility index (Phi) is 6.85. The summed E-state index contributed by atoms with van der Waals surface area (Å²) in [6.07, 6.45) is 2.69. The third-order valence-corrected chi connectivity index (χ3v) is 6.15. The van der Waals surface area contributed by atoms with Crippen LogP contribution in [0.15, 0.2) is 77.9 Å². The molecule has 2 aromatic carbocycles. The Morgan fingerprint density at radius 2 is 1.84 bits per heavy atom. The monoisotopic (exact) mass is 621 g/mol. The zero-order valence-corrected chi connectivity index (χ0v) is 23.0. The number of nitrogens with one attached hydrogen (secondary N) is 3. The molecule has 0 aliphatic carbocycles. The molecule has 0 bridgehead atoms. The van der Waals surface area contributed by atoms with E-state index in [0.717, 1.165) is 16.9 Å². The van der Waals surface area contributed by atoms with Crippen LogP contribution in [0.2, 0.25) is 0 Å². The molecule has 2 amide bonds. The molecule has 38 heavy (non-hydrogen) atoms. The minimum absolute atomic E-state index is 0.231. The minimum Gasteiger partial charge on any atom is -0.455 e. The quantitative estimate of drug-likeness (QED) is 0.160. The maximum atomic E-state index is 13.0. The van der Waals surface area contributed by atoms with Gasteiger partial charge >= 0.3 is 6.03 Å². The van der Waals surface area contributed by atoms with Gasteiger partial charge in [0, 0.05) is 30.1 Å². The summed E-state index contributed by atoms with van der Waals surface area (Å²) in [7, 11) is 0. The first kappa shape index (κ1) is 25.4. The highest BCUT2D eigenvalue weighted by atomic mass is 127. The fraction of sp³-hybridized carbons (Fsp3) is 0.148. The number of aromatic amines is 1. The highest BCUT2D eigenvalue weighted by Crippen LogP contribution is 2.33. The number of pyridine rings is 1. The number of benzene rings is 2. The van der Waals surface area contributed by atoms with E-state index >= 15 is 0 Å². The fourth-order valence-electron chi connectivity index (χ4n) is 3.69. The number of alkyl halides is 1. The van der Waals surface area contributed by atoms with Crippen molar-refractivity contribution in [3.05, 3.63) is 94.7 Å². The first-order chi connectivity index (χ1) is 18.2. The van der Waals surface area contributed by atoms with Gasteiger partial charge in [-0.3, -0.25) is 10.1 Å². The topological polar surface area (TPSA) is 127 Å². The summed E-state index contributed by atoms with van der Waals surface area (Å²) in [6.45, 7) is 6.14. The van der Waals surface area contributed by atoms with E-state index in [9.17, 15) is 9.59 Å². The Bertz CT molecular complexity index is 1690. The largest absolute Gasteiger partial charge is 0.455 e. The minimum atomic E-state index is -0.429. The summed E-state index contributed by atoms with van der Waals surface area (Å²) >= 11 is 2.32. The van der Waals surface area contributed by atoms with E-state index in [1.54, 1.807) is 35.0 Å². The summed E-state index contributed by atoms with van der Waals surface area (Å²) in [6, 6.07) is 18.0. The molecule has 3 aromatic heterocycles. The summed E-state index contributed by atoms with van der Waals surface area (Å²) in [5.74, 6) is 1.44. The van der Waals surface area contributed by atoms with Crippen molar-refractivity contribution in [2.24, 2.45) is 0 Å². The van der Waals surface area contributed by atoms with Crippen molar-refractivity contribution in [2.45, 2.75) is 24.2 Å². The van der Waals surface area contributed by atoms with E-state index in [1.807, 2.05) is 37.3 Å². The number of hydrogen-bond donors (Lipinski definition) is 3. The number of nitrogens with zero attached hydrogens (tertiary/aromatic N) is 4. The highest BCUT2D eigenvalue weighted by Gasteiger charge is 2.23. The number of halogens is 1. The van der Waals surface area contributed by atoms with E-state index in [2.05, 4.69) is 62.0 Å². The molecule has 5 rings (SSSR count). The third kappa shape index (κ3) is 5.67. The molecule has 3 heterocycles. The number of rotatable bonds is 6. The van der Waals surface area contributed by atoms with Crippen molar-refractivity contribution in [2.75, 3.05) is 10.6 Å². The van der Waals surface area contributed by atoms with Gasteiger partial charge in [0.2, 0.25) is 0 Å². The fourth-order valence-corrected chi connectivity index (χ4v) is 3.96. The zero-order valence-electron chi connectivity index (χ0n) is 20.8. The number of aryl methyl sites for hydroxylation is 1. The molecule has 0 radical (unpaired) electrons. The molecule has 0 unspecified atom stereocenters. The van der Waals surface area contributed by atoms with Crippen molar-refractivity contribution >= 4 is 51.3 Å². The van der Waals surface area contributed by atoms with Crippen molar-refractivity contribution in [1.82, 2.24) is 24.7 Å². The van der Waals surface area contributed by atoms with Crippen molar-refractivity contribution < 1.29 is 9.53 Å². The smallest absolute Gasteiger partial charge is 0.324 e. The Hall–Kier alpha value is -4.26. The molecule has 0 aliphatic rings. The lowest BCUT2D eigenvalue weighted by Crippen LogP contribution is -2.21. The summed E-state index contributed by atoms with van der Waals surface area (Å²) in [5, 5.41) is 10.5. The number of hydrogen-bond acceptors (Lipinski definition) is 6. The van der Waals surface area contributed by atoms with Gasteiger partial charge in [-0.2, -0.15) is 5.10 Å². The normalized spacial score (nSPS) is 11.4. The Morgan fingerprint density at radius 3 is 2.61 bits per heavy atom. The molecule has 0 atom stereocenters. The molecule has 10 nitrogen and oxygen atoms in total. The molecule has 5 aromatic rings. The maximum absolute atomic E-state index is 13.0. The number of ether oxygens (including phenoxy) is 1. The van der Waals surface area contributed by atoms with Crippen molar-refractivity contribution in [3.63, 3.8) is 0 Å². The molecule has 0 saturated heterocycles. The van der Waals surface area contributed by atoms with Crippen LogP contribution in [0, 0.1) is 6.92 Å². The standard InChI is InChI=1S/C27H24IN7O3/c1-16-7-9-18(10-8-16)35-22(14-21(34-35)27(2,3)28)32-26(37)31-17-5-4-6-19(13-17)38-20-11-12-29-25-24(20)30-15-23(36)33-25/h4-15H,1-3H3,(H,29,33,36)(H2,31,32,37). The van der Waals surface area contributed by atoms with E-state index < -0.39 is 6.03 Å². The Morgan fingerprint density at radius 1 is 1.05 bits per heavy atom. The van der Waals surface area contributed by atoms with Gasteiger partial charge in [-0.1, -0.05) is 46.4 Å². The van der Waals surface area contributed by atoms with E-state index in [-0.39, 0.29) is 8.98 Å². The average molecular weight is 621 g/mol. The van der Waals surface area contributed by atoms with Gasteiger partial charge in [0.1, 0.15) is 17.1 Å². The van der Waals surface area contributed by atoms with Gasteiger partial charge in [0.25, 0.3) is 5.56 Å². The number of carbonyl (C=O) groups excluding carboxylic acids is 1. The highest BCUT2D eigenvalue weighted by molar-refractivity contribution is 14.1. The van der Waals surface area contributed by atoms with Gasteiger partial charge in [0.05, 0.1) is 21.0 Å². The number of fused-ring (bicyclic) bond motifs is 1. The zero-order chi connectivity index (χ0) is 26.9. The third-order valence-electron chi connectivity index (χ3n) is 5.60. The first-order valence-electron chi connectivity index (χ1n) is 11.7. The number of anilines is 2. The SMILES string of the molecule is Cc1ccc(-n2nc(C(C)(C)I)cc2NC(=O)Nc2cccc(Oc3ccnc4[nH]c(=O)cnc34)c2)cc1. The molecule has 11 heteroatoms. The number of H-pyrrole nitrogens is 1. The van der Waals surface area contributed by atoms with E-state index in [1.165, 1.54) is 12.4 Å². The average Bonchev–Trinajstić information content (AvgIpc) is 3.29. The van der Waals surface area contributed by atoms with Crippen LogP contribution in [0.1, 0.15) is 25.1 Å². The lowest BCUT2D eigenvalue weighted by Gasteiger charge is -2.12. The maximum Gasteiger partial charge on any atom is 0.324 e. The van der Waals surface area contributed by atoms with Crippen LogP contribution in [0.4, 0.5) is 16.3 Å². The molecular weight excluding hydrogens is 597 g/mol. The van der Waals surface area contributed by atoms with Crippen molar-refractivity contribution in [3.8, 4) is 17.2 Å². The van der Waals surface area contributed by atoms with Crippen LogP contribution in [-0.2, 0) is 3.42 Å². The molecule has 192 valence electrons. The predicted molar refractivity (Wildman–Crippen MR) is 155 cm³/mol. The second kappa shape index (κ2) is 10.2. The van der Waals surface area contributed by atoms with E-state index in [4.69, 9.17) is 9.84 Å². The Balaban J connectivity index is 1.36. The summed E-state index contributed by atoms with van der Waals surface area (Å²) in [5.41, 5.74) is 3.72. The number of carbonyl (C=O) groups is 1. The van der Waals surface area contributed by atoms with Crippen LogP contribution in [0.5, 0.6) is 11.5 Å². The van der Waals surface area contributed by atoms with Crippen LogP contribution < -0.4 is 20.9 Å². The molecule has 0 fully saturated rings. The van der Waals surface area contributed by atoms with Gasteiger partial charge < -0.3 is 15.0 Å². The van der Waals surface area contributed by atoms with Crippen LogP contribution in [0.25, 0.3) is 16.9 Å². The number of urea groups is 1. The predicted octanol–water partition coefficient (Wildman–Crippen LogP) is 5.92. The van der Waals surface area contributed by atoms with Gasteiger partial charge in [-0.25, -0.2) is 19.4 Å². The molecular formula is C27H24IN7O3. The second-order valence-corrected chi connectivity index (χ2v) is 11.8. The summed E-state index contributed by atoms with van der Waals surface area (Å²) in [4.78, 5) is 35.4. The lowest BCUT2D eigenvalue weighted by molar-refractivity contribution is 0.262. The number of amides is 2. The van der Waals surface area contributed by atoms with Gasteiger partial charge in [-0.05, 0) is 45.0 Å². The number of aromatic nitrogens is 5. The van der Waals surface area contributed by atoms with Crippen molar-refractivity contribution in [1.29, 1.82) is 0 Å². The molecule has 0 spiro atoms. The molecule has 0 saturated carbocycles. The van der Waals surface area contributed by atoms with E-state index in [0.29, 0.717) is 34.2 Å². The molecule has 3 N–H and O–H groups in total. The van der Waals surface area contributed by atoms with Gasteiger partial charge in [0.15, 0.2) is 11.4 Å². The first-order valence-corrected chi connectivity index (χ1v) is 12.8. The van der Waals surface area contributed by atoms with Crippen LogP contribution >= 0.6 is 22.6 Å². The molecule has 0 aliphatic heterocycles. The van der Waals surface area contributed by atoms with Gasteiger partial charge in [-0.15, -0.1) is 0 Å². The summed E-state index contributed by atoms with van der Waals surface area (Å²) < 4.78 is 7.48. The Labute approximate surface area is 231 Å². The van der Waals surface area contributed by atoms with Crippen LogP contribution in [-0.4, -0.2) is 30.8 Å². The lowest BCUT2D eigenvalue weighted by atomic mass is 10.1. The second-order valence-electron chi connectivity index (χ2n) is 9.10. The van der Waals surface area contributed by atoms with Crippen LogP contribution in [0.3, 0.4) is 0 Å².